The van der Waals surface area contributed by atoms with Gasteiger partial charge in [0.25, 0.3) is 0 Å². The van der Waals surface area contributed by atoms with Crippen LogP contribution in [-0.4, -0.2) is 0 Å². The van der Waals surface area contributed by atoms with E-state index in [2.05, 4.69) is 13.2 Å². The van der Waals surface area contributed by atoms with Crippen LogP contribution in [0.4, 0.5) is 0 Å². The van der Waals surface area contributed by atoms with Crippen molar-refractivity contribution >= 4 is 17.7 Å². The zero-order valence-electron chi connectivity index (χ0n) is 7.91. The maximum absolute atomic E-state index is 7.51. The largest absolute Gasteiger partial charge is 0.193 e. The van der Waals surface area contributed by atoms with Gasteiger partial charge in [-0.1, -0.05) is 43.5 Å². The Morgan fingerprint density at radius 1 is 1.29 bits per heavy atom. The number of hydrogen-bond acceptors (Lipinski definition) is 1. The van der Waals surface area contributed by atoms with Gasteiger partial charge in [0.15, 0.2) is 0 Å². The fourth-order valence-electron chi connectivity index (χ4n) is 0.743. The molecular formula is C12H12ClN. The smallest absolute Gasteiger partial charge is 0.0905 e. The van der Waals surface area contributed by atoms with Gasteiger partial charge < -0.3 is 0 Å². The van der Waals surface area contributed by atoms with E-state index < -0.39 is 0 Å². The van der Waals surface area contributed by atoms with E-state index in [4.69, 9.17) is 16.9 Å². The summed E-state index contributed by atoms with van der Waals surface area (Å²) in [4.78, 5) is 0. The van der Waals surface area contributed by atoms with E-state index in [9.17, 15) is 0 Å². The Hall–Kier alpha value is -1.52. The molecule has 2 heteroatoms. The van der Waals surface area contributed by atoms with Crippen molar-refractivity contribution in [3.63, 3.8) is 0 Å². The standard InChI is InChI=1S/C9H9Cl.C3H3N/c1-2-8-3-5-9(7-10)6-4-8;1-2-3-4/h2-6H,1,7H2;2H,1H2. The molecule has 72 valence electrons. The summed E-state index contributed by atoms with van der Waals surface area (Å²) in [7, 11) is 0. The fourth-order valence-corrected chi connectivity index (χ4v) is 0.921. The lowest BCUT2D eigenvalue weighted by Crippen LogP contribution is -1.76. The van der Waals surface area contributed by atoms with E-state index in [1.54, 1.807) is 6.07 Å². The van der Waals surface area contributed by atoms with Crippen molar-refractivity contribution in [1.29, 1.82) is 5.26 Å². The van der Waals surface area contributed by atoms with Gasteiger partial charge in [0.05, 0.1) is 6.07 Å². The summed E-state index contributed by atoms with van der Waals surface area (Å²) in [6.07, 6.45) is 3.00. The number of hydrogen-bond donors (Lipinski definition) is 0. The van der Waals surface area contributed by atoms with Crippen LogP contribution in [0.3, 0.4) is 0 Å². The molecule has 0 aromatic heterocycles. The van der Waals surface area contributed by atoms with Gasteiger partial charge in [-0.2, -0.15) is 5.26 Å². The molecule has 1 nitrogen and oxygen atoms in total. The molecule has 0 radical (unpaired) electrons. The number of alkyl halides is 1. The van der Waals surface area contributed by atoms with E-state index in [-0.39, 0.29) is 0 Å². The van der Waals surface area contributed by atoms with Crippen LogP contribution in [0.2, 0.25) is 0 Å². The highest BCUT2D eigenvalue weighted by atomic mass is 35.5. The summed E-state index contributed by atoms with van der Waals surface area (Å²) < 4.78 is 0. The maximum Gasteiger partial charge on any atom is 0.0905 e. The molecule has 1 aromatic carbocycles. The Labute approximate surface area is 89.9 Å². The highest BCUT2D eigenvalue weighted by molar-refractivity contribution is 6.17. The Morgan fingerprint density at radius 3 is 2.07 bits per heavy atom. The van der Waals surface area contributed by atoms with Crippen molar-refractivity contribution in [2.75, 3.05) is 0 Å². The number of benzene rings is 1. The van der Waals surface area contributed by atoms with Crippen LogP contribution in [0.5, 0.6) is 0 Å². The second-order valence-corrected chi connectivity index (χ2v) is 2.68. The summed E-state index contributed by atoms with van der Waals surface area (Å²) in [5, 5.41) is 7.51. The maximum atomic E-state index is 7.51. The summed E-state index contributed by atoms with van der Waals surface area (Å²) in [6, 6.07) is 9.71. The second kappa shape index (κ2) is 8.10. The molecular weight excluding hydrogens is 194 g/mol. The molecule has 0 spiro atoms. The molecule has 0 unspecified atom stereocenters. The predicted octanol–water partition coefficient (Wildman–Crippen LogP) is 3.76. The first-order valence-electron chi connectivity index (χ1n) is 4.06. The molecule has 0 amide bonds. The fraction of sp³-hybridized carbons (Fsp3) is 0.0833. The average molecular weight is 206 g/mol. The van der Waals surface area contributed by atoms with Crippen molar-refractivity contribution in [2.45, 2.75) is 5.88 Å². The van der Waals surface area contributed by atoms with E-state index in [1.165, 1.54) is 6.08 Å². The summed E-state index contributed by atoms with van der Waals surface area (Å²) in [5.74, 6) is 0.581. The Balaban J connectivity index is 0.000000364. The first-order valence-corrected chi connectivity index (χ1v) is 4.59. The van der Waals surface area contributed by atoms with Gasteiger partial charge in [-0.25, -0.2) is 0 Å². The van der Waals surface area contributed by atoms with E-state index >= 15 is 0 Å². The molecule has 0 atom stereocenters. The molecule has 14 heavy (non-hydrogen) atoms. The summed E-state index contributed by atoms with van der Waals surface area (Å²) in [5.41, 5.74) is 2.28. The molecule has 0 saturated carbocycles. The highest BCUT2D eigenvalue weighted by Crippen LogP contribution is 2.06. The first-order chi connectivity index (χ1) is 6.78. The van der Waals surface area contributed by atoms with Crippen LogP contribution in [0.15, 0.2) is 43.5 Å². The zero-order valence-corrected chi connectivity index (χ0v) is 8.67. The van der Waals surface area contributed by atoms with Crippen LogP contribution >= 0.6 is 11.6 Å². The van der Waals surface area contributed by atoms with E-state index in [1.807, 2.05) is 30.3 Å². The molecule has 0 bridgehead atoms. The second-order valence-electron chi connectivity index (χ2n) is 2.41. The molecule has 0 aliphatic heterocycles. The lowest BCUT2D eigenvalue weighted by molar-refractivity contribution is 1.40. The van der Waals surface area contributed by atoms with E-state index in [0.29, 0.717) is 5.88 Å². The molecule has 0 aliphatic rings. The number of allylic oxidation sites excluding steroid dienone is 1. The quantitative estimate of drug-likeness (QED) is 0.533. The van der Waals surface area contributed by atoms with Crippen LogP contribution in [0.25, 0.3) is 6.08 Å². The third kappa shape index (κ3) is 5.18. The monoisotopic (exact) mass is 205 g/mol. The highest BCUT2D eigenvalue weighted by Gasteiger charge is 1.87. The number of rotatable bonds is 2. The van der Waals surface area contributed by atoms with Crippen LogP contribution < -0.4 is 0 Å². The number of halogens is 1. The van der Waals surface area contributed by atoms with Gasteiger partial charge in [0.1, 0.15) is 0 Å². The van der Waals surface area contributed by atoms with Gasteiger partial charge >= 0.3 is 0 Å². The first kappa shape index (κ1) is 12.5. The van der Waals surface area contributed by atoms with Gasteiger partial charge in [0.2, 0.25) is 0 Å². The van der Waals surface area contributed by atoms with Gasteiger partial charge in [0, 0.05) is 12.0 Å². The van der Waals surface area contributed by atoms with Crippen LogP contribution in [0.1, 0.15) is 11.1 Å². The molecule has 0 heterocycles. The lowest BCUT2D eigenvalue weighted by Gasteiger charge is -1.94. The third-order valence-corrected chi connectivity index (χ3v) is 1.77. The van der Waals surface area contributed by atoms with Crippen LogP contribution in [0, 0.1) is 11.3 Å². The molecule has 0 N–H and O–H groups in total. The average Bonchev–Trinajstić information content (AvgIpc) is 2.29. The predicted molar refractivity (Wildman–Crippen MR) is 61.9 cm³/mol. The molecule has 1 rings (SSSR count). The molecule has 0 fully saturated rings. The summed E-state index contributed by atoms with van der Waals surface area (Å²) >= 11 is 5.60. The van der Waals surface area contributed by atoms with Crippen molar-refractivity contribution < 1.29 is 0 Å². The van der Waals surface area contributed by atoms with Crippen LogP contribution in [-0.2, 0) is 5.88 Å². The Kier molecular flexibility index (Phi) is 7.22. The topological polar surface area (TPSA) is 23.8 Å². The Bertz CT molecular complexity index is 319. The SMILES string of the molecule is C=CC#N.C=Cc1ccc(CCl)cc1. The van der Waals surface area contributed by atoms with Gasteiger partial charge in [-0.15, -0.1) is 11.6 Å². The van der Waals surface area contributed by atoms with Gasteiger partial charge in [-0.05, 0) is 11.1 Å². The summed E-state index contributed by atoms with van der Waals surface area (Å²) in [6.45, 7) is 6.77. The molecule has 0 saturated heterocycles. The zero-order chi connectivity index (χ0) is 10.8. The van der Waals surface area contributed by atoms with Crippen molar-refractivity contribution in [3.05, 3.63) is 54.6 Å². The van der Waals surface area contributed by atoms with Crippen molar-refractivity contribution in [3.8, 4) is 6.07 Å². The lowest BCUT2D eigenvalue weighted by atomic mass is 10.1. The van der Waals surface area contributed by atoms with Crippen molar-refractivity contribution in [1.82, 2.24) is 0 Å². The Morgan fingerprint density at radius 2 is 1.79 bits per heavy atom. The van der Waals surface area contributed by atoms with Gasteiger partial charge in [-0.3, -0.25) is 0 Å². The number of nitrogens with zero attached hydrogens (tertiary/aromatic N) is 1. The minimum absolute atomic E-state index is 0.581. The minimum Gasteiger partial charge on any atom is -0.193 e. The normalized spacial score (nSPS) is 7.71. The number of nitriles is 1. The molecule has 0 aliphatic carbocycles. The third-order valence-electron chi connectivity index (χ3n) is 1.46. The minimum atomic E-state index is 0.581. The van der Waals surface area contributed by atoms with Crippen molar-refractivity contribution in [2.24, 2.45) is 0 Å². The molecule has 1 aromatic rings. The van der Waals surface area contributed by atoms with E-state index in [0.717, 1.165) is 11.1 Å².